The van der Waals surface area contributed by atoms with E-state index in [0.717, 1.165) is 12.8 Å². The van der Waals surface area contributed by atoms with Gasteiger partial charge in [-0.1, -0.05) is 0 Å². The Morgan fingerprint density at radius 2 is 2.00 bits per heavy atom. The smallest absolute Gasteiger partial charge is 0.269 e. The summed E-state index contributed by atoms with van der Waals surface area (Å²) in [7, 11) is 0. The van der Waals surface area contributed by atoms with Crippen LogP contribution in [0, 0.1) is 23.1 Å². The van der Waals surface area contributed by atoms with Gasteiger partial charge in [-0.15, -0.1) is 0 Å². The second-order valence-electron chi connectivity index (χ2n) is 4.11. The molecule has 2 rings (SSSR count). The van der Waals surface area contributed by atoms with Crippen LogP contribution in [0.25, 0.3) is 0 Å². The monoisotopic (exact) mass is 246 g/mol. The molecular weight excluding hydrogens is 235 g/mol. The second-order valence-corrected chi connectivity index (χ2v) is 4.11. The zero-order valence-corrected chi connectivity index (χ0v) is 9.48. The van der Waals surface area contributed by atoms with Gasteiger partial charge in [-0.05, 0) is 37.1 Å². The fourth-order valence-electron chi connectivity index (χ4n) is 1.51. The Balaban J connectivity index is 2.14. The number of halogens is 1. The van der Waals surface area contributed by atoms with E-state index in [2.05, 4.69) is 5.32 Å². The molecule has 0 aliphatic heterocycles. The maximum absolute atomic E-state index is 12.7. The number of carbonyl (C=O) groups is 1. The van der Waals surface area contributed by atoms with Crippen LogP contribution >= 0.6 is 0 Å². The largest absolute Gasteiger partial charge is 0.510 e. The topological polar surface area (TPSA) is 73.1 Å². The highest BCUT2D eigenvalue weighted by atomic mass is 19.1. The fraction of sp³-hybridized carbons (Fsp3) is 0.231. The summed E-state index contributed by atoms with van der Waals surface area (Å²) in [6, 6.07) is 6.87. The van der Waals surface area contributed by atoms with Crippen molar-refractivity contribution in [3.05, 3.63) is 41.4 Å². The predicted octanol–water partition coefficient (Wildman–Crippen LogP) is 2.51. The first-order valence-electron chi connectivity index (χ1n) is 5.52. The van der Waals surface area contributed by atoms with E-state index < -0.39 is 11.7 Å². The normalized spacial score (nSPS) is 15.6. The van der Waals surface area contributed by atoms with Crippen molar-refractivity contribution in [3.63, 3.8) is 0 Å². The average Bonchev–Trinajstić information content (AvgIpc) is 3.17. The van der Waals surface area contributed by atoms with Crippen molar-refractivity contribution in [3.8, 4) is 6.07 Å². The van der Waals surface area contributed by atoms with Crippen molar-refractivity contribution < 1.29 is 14.3 Å². The van der Waals surface area contributed by atoms with Crippen LogP contribution in [0.15, 0.2) is 35.6 Å². The molecule has 2 N–H and O–H groups in total. The summed E-state index contributed by atoms with van der Waals surface area (Å²) in [5, 5.41) is 21.0. The molecule has 0 radical (unpaired) electrons. The molecule has 5 heteroatoms. The molecule has 18 heavy (non-hydrogen) atoms. The van der Waals surface area contributed by atoms with Gasteiger partial charge >= 0.3 is 0 Å². The third kappa shape index (κ3) is 2.66. The lowest BCUT2D eigenvalue weighted by Gasteiger charge is -2.05. The molecule has 92 valence electrons. The summed E-state index contributed by atoms with van der Waals surface area (Å²) in [6.45, 7) is 0. The van der Waals surface area contributed by atoms with Crippen LogP contribution in [0.3, 0.4) is 0 Å². The van der Waals surface area contributed by atoms with Gasteiger partial charge in [-0.3, -0.25) is 4.79 Å². The molecule has 0 saturated heterocycles. The number of nitrogens with one attached hydrogen (secondary N) is 1. The molecule has 1 aromatic rings. The molecule has 1 aromatic carbocycles. The van der Waals surface area contributed by atoms with E-state index in [1.54, 1.807) is 6.07 Å². The standard InChI is InChI=1S/C13H11FN2O2/c14-9-3-5-10(6-4-9)16-13(18)11(7-15)12(17)8-1-2-8/h3-6,8,17H,1-2H2,(H,16,18). The Kier molecular flexibility index (Phi) is 3.28. The number of hydrogen-bond acceptors (Lipinski definition) is 3. The Labute approximate surface area is 103 Å². The van der Waals surface area contributed by atoms with Gasteiger partial charge < -0.3 is 10.4 Å². The summed E-state index contributed by atoms with van der Waals surface area (Å²) in [5.74, 6) is -1.31. The van der Waals surface area contributed by atoms with Crippen LogP contribution in [0.1, 0.15) is 12.8 Å². The van der Waals surface area contributed by atoms with Gasteiger partial charge in [0, 0.05) is 11.6 Å². The number of allylic oxidation sites excluding steroid dienone is 1. The van der Waals surface area contributed by atoms with Crippen LogP contribution in [0.5, 0.6) is 0 Å². The van der Waals surface area contributed by atoms with Crippen molar-refractivity contribution in [2.45, 2.75) is 12.8 Å². The molecule has 0 aromatic heterocycles. The lowest BCUT2D eigenvalue weighted by molar-refractivity contribution is -0.112. The third-order valence-electron chi connectivity index (χ3n) is 2.66. The first-order valence-corrected chi connectivity index (χ1v) is 5.52. The van der Waals surface area contributed by atoms with Crippen molar-refractivity contribution in [2.24, 2.45) is 5.92 Å². The minimum absolute atomic E-state index is 0.0707. The zero-order chi connectivity index (χ0) is 13.1. The van der Waals surface area contributed by atoms with E-state index in [1.807, 2.05) is 0 Å². The Bertz CT molecular complexity index is 539. The molecule has 0 atom stereocenters. The first-order chi connectivity index (χ1) is 8.61. The second kappa shape index (κ2) is 4.88. The number of benzene rings is 1. The quantitative estimate of drug-likeness (QED) is 0.489. The summed E-state index contributed by atoms with van der Waals surface area (Å²) >= 11 is 0. The van der Waals surface area contributed by atoms with Crippen LogP contribution in [0.2, 0.25) is 0 Å². The number of hydrogen-bond donors (Lipinski definition) is 2. The molecule has 0 bridgehead atoms. The van der Waals surface area contributed by atoms with Gasteiger partial charge in [0.1, 0.15) is 17.6 Å². The fourth-order valence-corrected chi connectivity index (χ4v) is 1.51. The summed E-state index contributed by atoms with van der Waals surface area (Å²) in [5.41, 5.74) is 0.0968. The highest BCUT2D eigenvalue weighted by molar-refractivity contribution is 6.06. The number of aliphatic hydroxyl groups is 1. The maximum atomic E-state index is 12.7. The van der Waals surface area contributed by atoms with E-state index >= 15 is 0 Å². The lowest BCUT2D eigenvalue weighted by Crippen LogP contribution is -2.15. The molecular formula is C13H11FN2O2. The first kappa shape index (κ1) is 12.1. The number of aliphatic hydroxyl groups excluding tert-OH is 1. The summed E-state index contributed by atoms with van der Waals surface area (Å²) < 4.78 is 12.7. The summed E-state index contributed by atoms with van der Waals surface area (Å²) in [6.07, 6.45) is 1.59. The molecule has 0 heterocycles. The van der Waals surface area contributed by atoms with Gasteiger partial charge in [0.2, 0.25) is 0 Å². The zero-order valence-electron chi connectivity index (χ0n) is 9.48. The average molecular weight is 246 g/mol. The van der Waals surface area contributed by atoms with Crippen LogP contribution in [0.4, 0.5) is 10.1 Å². The van der Waals surface area contributed by atoms with E-state index in [9.17, 15) is 14.3 Å². The van der Waals surface area contributed by atoms with E-state index in [1.165, 1.54) is 24.3 Å². The van der Waals surface area contributed by atoms with Crippen molar-refractivity contribution in [1.29, 1.82) is 5.26 Å². The number of rotatable bonds is 3. The number of amides is 1. The molecule has 4 nitrogen and oxygen atoms in total. The van der Waals surface area contributed by atoms with Crippen LogP contribution < -0.4 is 5.32 Å². The Hall–Kier alpha value is -2.35. The van der Waals surface area contributed by atoms with Gasteiger partial charge in [0.25, 0.3) is 5.91 Å². The minimum Gasteiger partial charge on any atom is -0.510 e. The number of anilines is 1. The molecule has 1 fully saturated rings. The van der Waals surface area contributed by atoms with Crippen molar-refractivity contribution in [1.82, 2.24) is 0 Å². The number of nitriles is 1. The Morgan fingerprint density at radius 3 is 2.50 bits per heavy atom. The third-order valence-corrected chi connectivity index (χ3v) is 2.66. The molecule has 1 aliphatic rings. The van der Waals surface area contributed by atoms with Crippen LogP contribution in [-0.2, 0) is 4.79 Å². The van der Waals surface area contributed by atoms with Crippen LogP contribution in [-0.4, -0.2) is 11.0 Å². The van der Waals surface area contributed by atoms with Gasteiger partial charge in [0.15, 0.2) is 5.57 Å². The molecule has 1 saturated carbocycles. The predicted molar refractivity (Wildman–Crippen MR) is 63.0 cm³/mol. The molecule has 0 spiro atoms. The number of carbonyl (C=O) groups excluding carboxylic acids is 1. The van der Waals surface area contributed by atoms with Gasteiger partial charge in [-0.25, -0.2) is 4.39 Å². The minimum atomic E-state index is -0.673. The summed E-state index contributed by atoms with van der Waals surface area (Å²) in [4.78, 5) is 11.8. The van der Waals surface area contributed by atoms with Crippen molar-refractivity contribution >= 4 is 11.6 Å². The molecule has 1 amide bonds. The highest BCUT2D eigenvalue weighted by Gasteiger charge is 2.30. The highest BCUT2D eigenvalue weighted by Crippen LogP contribution is 2.36. The van der Waals surface area contributed by atoms with Gasteiger partial charge in [0.05, 0.1) is 0 Å². The lowest BCUT2D eigenvalue weighted by atomic mass is 10.1. The number of nitrogens with zero attached hydrogens (tertiary/aromatic N) is 1. The van der Waals surface area contributed by atoms with Crippen molar-refractivity contribution in [2.75, 3.05) is 5.32 Å². The SMILES string of the molecule is N#CC(C(=O)Nc1ccc(F)cc1)=C(O)C1CC1. The van der Waals surface area contributed by atoms with E-state index in [0.29, 0.717) is 5.69 Å². The maximum Gasteiger partial charge on any atom is 0.269 e. The van der Waals surface area contributed by atoms with E-state index in [4.69, 9.17) is 5.26 Å². The molecule has 1 aliphatic carbocycles. The molecule has 0 unspecified atom stereocenters. The van der Waals surface area contributed by atoms with Gasteiger partial charge in [-0.2, -0.15) is 5.26 Å². The Morgan fingerprint density at radius 1 is 1.39 bits per heavy atom. The van der Waals surface area contributed by atoms with E-state index in [-0.39, 0.29) is 17.3 Å².